The van der Waals surface area contributed by atoms with Gasteiger partial charge < -0.3 is 5.32 Å². The number of aryl methyl sites for hydroxylation is 1. The highest BCUT2D eigenvalue weighted by Crippen LogP contribution is 1.98. The normalized spacial score (nSPS) is 10.8. The number of nitrogens with one attached hydrogen (secondary N) is 1. The van der Waals surface area contributed by atoms with E-state index in [0.717, 1.165) is 19.5 Å². The molecule has 86 valence electrons. The second-order valence-electron chi connectivity index (χ2n) is 3.72. The van der Waals surface area contributed by atoms with Crippen LogP contribution in [0.3, 0.4) is 0 Å². The standard InChI is InChI=1S/C11H21N3S/c1-14-10-11(9-13-14)5-7-12-6-3-4-8-15-2/h9-10,12H,3-8H2,1-2H3. The quantitative estimate of drug-likeness (QED) is 0.686. The van der Waals surface area contributed by atoms with E-state index in [2.05, 4.69) is 22.9 Å². The molecule has 0 aliphatic rings. The summed E-state index contributed by atoms with van der Waals surface area (Å²) in [5, 5.41) is 7.60. The maximum atomic E-state index is 4.14. The Kier molecular flexibility index (Phi) is 6.52. The monoisotopic (exact) mass is 227 g/mol. The molecule has 0 bridgehead atoms. The van der Waals surface area contributed by atoms with Crippen molar-refractivity contribution in [3.8, 4) is 0 Å². The van der Waals surface area contributed by atoms with E-state index in [9.17, 15) is 0 Å². The van der Waals surface area contributed by atoms with Crippen LogP contribution >= 0.6 is 11.8 Å². The van der Waals surface area contributed by atoms with Gasteiger partial charge in [-0.1, -0.05) is 0 Å². The maximum absolute atomic E-state index is 4.14. The number of nitrogens with zero attached hydrogens (tertiary/aromatic N) is 2. The van der Waals surface area contributed by atoms with Crippen LogP contribution in [0.1, 0.15) is 18.4 Å². The van der Waals surface area contributed by atoms with Gasteiger partial charge in [0.25, 0.3) is 0 Å². The Labute approximate surface area is 96.6 Å². The smallest absolute Gasteiger partial charge is 0.0522 e. The molecule has 0 spiro atoms. The SMILES string of the molecule is CSCCCCNCCc1cnn(C)c1. The molecule has 0 aromatic carbocycles. The van der Waals surface area contributed by atoms with Crippen molar-refractivity contribution in [2.75, 3.05) is 25.1 Å². The number of hydrogen-bond acceptors (Lipinski definition) is 3. The van der Waals surface area contributed by atoms with Gasteiger partial charge in [0.2, 0.25) is 0 Å². The van der Waals surface area contributed by atoms with Crippen LogP contribution < -0.4 is 5.32 Å². The lowest BCUT2D eigenvalue weighted by atomic mass is 10.2. The van der Waals surface area contributed by atoms with Crippen molar-refractivity contribution < 1.29 is 0 Å². The molecule has 0 radical (unpaired) electrons. The summed E-state index contributed by atoms with van der Waals surface area (Å²) >= 11 is 1.93. The molecule has 1 N–H and O–H groups in total. The lowest BCUT2D eigenvalue weighted by Crippen LogP contribution is -2.18. The van der Waals surface area contributed by atoms with E-state index in [1.165, 1.54) is 24.2 Å². The van der Waals surface area contributed by atoms with Crippen LogP contribution in [0.5, 0.6) is 0 Å². The molecule has 0 aliphatic heterocycles. The van der Waals surface area contributed by atoms with Crippen LogP contribution in [0.25, 0.3) is 0 Å². The molecular weight excluding hydrogens is 206 g/mol. The molecule has 0 unspecified atom stereocenters. The molecule has 0 aliphatic carbocycles. The minimum Gasteiger partial charge on any atom is -0.316 e. The van der Waals surface area contributed by atoms with Crippen LogP contribution in [0.4, 0.5) is 0 Å². The van der Waals surface area contributed by atoms with Crippen molar-refractivity contribution in [3.63, 3.8) is 0 Å². The molecule has 1 heterocycles. The lowest BCUT2D eigenvalue weighted by Gasteiger charge is -2.02. The Hall–Kier alpha value is -0.480. The Morgan fingerprint density at radius 3 is 2.93 bits per heavy atom. The van der Waals surface area contributed by atoms with Gasteiger partial charge in [0.05, 0.1) is 6.20 Å². The van der Waals surface area contributed by atoms with Gasteiger partial charge in [-0.3, -0.25) is 4.68 Å². The summed E-state index contributed by atoms with van der Waals surface area (Å²) < 4.78 is 1.85. The molecule has 15 heavy (non-hydrogen) atoms. The first-order valence-corrected chi connectivity index (χ1v) is 6.89. The first-order chi connectivity index (χ1) is 7.33. The average molecular weight is 227 g/mol. The highest BCUT2D eigenvalue weighted by atomic mass is 32.2. The van der Waals surface area contributed by atoms with Gasteiger partial charge in [-0.2, -0.15) is 16.9 Å². The Bertz CT molecular complexity index is 260. The predicted octanol–water partition coefficient (Wildman–Crippen LogP) is 1.70. The number of aromatic nitrogens is 2. The highest BCUT2D eigenvalue weighted by Gasteiger charge is 1.95. The van der Waals surface area contributed by atoms with Crippen molar-refractivity contribution >= 4 is 11.8 Å². The van der Waals surface area contributed by atoms with E-state index in [4.69, 9.17) is 0 Å². The molecule has 1 rings (SSSR count). The van der Waals surface area contributed by atoms with Crippen LogP contribution in [0, 0.1) is 0 Å². The summed E-state index contributed by atoms with van der Waals surface area (Å²) in [5.74, 6) is 1.28. The van der Waals surface area contributed by atoms with Gasteiger partial charge in [0.15, 0.2) is 0 Å². The number of rotatable bonds is 8. The third kappa shape index (κ3) is 5.85. The molecule has 0 fully saturated rings. The van der Waals surface area contributed by atoms with Crippen LogP contribution in [0.15, 0.2) is 12.4 Å². The van der Waals surface area contributed by atoms with Crippen LogP contribution in [0.2, 0.25) is 0 Å². The minimum absolute atomic E-state index is 1.06. The first-order valence-electron chi connectivity index (χ1n) is 5.50. The summed E-state index contributed by atoms with van der Waals surface area (Å²) in [4.78, 5) is 0. The maximum Gasteiger partial charge on any atom is 0.0522 e. The van der Waals surface area contributed by atoms with Crippen molar-refractivity contribution in [2.24, 2.45) is 7.05 Å². The average Bonchev–Trinajstić information content (AvgIpc) is 2.63. The molecule has 0 saturated heterocycles. The fraction of sp³-hybridized carbons (Fsp3) is 0.727. The number of hydrogen-bond donors (Lipinski definition) is 1. The van der Waals surface area contributed by atoms with E-state index in [1.807, 2.05) is 29.7 Å². The number of unbranched alkanes of at least 4 members (excludes halogenated alkanes) is 1. The van der Waals surface area contributed by atoms with Crippen molar-refractivity contribution in [2.45, 2.75) is 19.3 Å². The lowest BCUT2D eigenvalue weighted by molar-refractivity contribution is 0.642. The summed E-state index contributed by atoms with van der Waals surface area (Å²) in [7, 11) is 1.96. The Morgan fingerprint density at radius 2 is 2.27 bits per heavy atom. The molecule has 4 heteroatoms. The Balaban J connectivity index is 1.93. The van der Waals surface area contributed by atoms with E-state index in [-0.39, 0.29) is 0 Å². The van der Waals surface area contributed by atoms with E-state index in [1.54, 1.807) is 0 Å². The predicted molar refractivity (Wildman–Crippen MR) is 67.4 cm³/mol. The van der Waals surface area contributed by atoms with Gasteiger partial charge in [0.1, 0.15) is 0 Å². The van der Waals surface area contributed by atoms with E-state index in [0.29, 0.717) is 0 Å². The third-order valence-corrected chi connectivity index (χ3v) is 3.00. The summed E-state index contributed by atoms with van der Waals surface area (Å²) in [5.41, 5.74) is 1.31. The van der Waals surface area contributed by atoms with Crippen molar-refractivity contribution in [3.05, 3.63) is 18.0 Å². The topological polar surface area (TPSA) is 29.9 Å². The summed E-state index contributed by atoms with van der Waals surface area (Å²) in [6, 6.07) is 0. The van der Waals surface area contributed by atoms with Crippen LogP contribution in [-0.2, 0) is 13.5 Å². The van der Waals surface area contributed by atoms with Gasteiger partial charge >= 0.3 is 0 Å². The van der Waals surface area contributed by atoms with E-state index >= 15 is 0 Å². The van der Waals surface area contributed by atoms with Gasteiger partial charge in [-0.15, -0.1) is 0 Å². The van der Waals surface area contributed by atoms with E-state index < -0.39 is 0 Å². The molecule has 1 aromatic heterocycles. The van der Waals surface area contributed by atoms with Gasteiger partial charge in [-0.05, 0) is 49.9 Å². The third-order valence-electron chi connectivity index (χ3n) is 2.30. The van der Waals surface area contributed by atoms with Crippen molar-refractivity contribution in [1.29, 1.82) is 0 Å². The largest absolute Gasteiger partial charge is 0.316 e. The minimum atomic E-state index is 1.06. The van der Waals surface area contributed by atoms with Crippen molar-refractivity contribution in [1.82, 2.24) is 15.1 Å². The fourth-order valence-electron chi connectivity index (χ4n) is 1.46. The molecule has 3 nitrogen and oxygen atoms in total. The second kappa shape index (κ2) is 7.77. The van der Waals surface area contributed by atoms with Gasteiger partial charge in [-0.25, -0.2) is 0 Å². The zero-order chi connectivity index (χ0) is 10.9. The fourth-order valence-corrected chi connectivity index (χ4v) is 1.95. The zero-order valence-corrected chi connectivity index (χ0v) is 10.5. The molecule has 0 saturated carbocycles. The molecular formula is C11H21N3S. The number of thioether (sulfide) groups is 1. The Morgan fingerprint density at radius 1 is 1.40 bits per heavy atom. The highest BCUT2D eigenvalue weighted by molar-refractivity contribution is 7.98. The molecule has 0 atom stereocenters. The van der Waals surface area contributed by atoms with Gasteiger partial charge in [0, 0.05) is 13.2 Å². The summed E-state index contributed by atoms with van der Waals surface area (Å²) in [6.45, 7) is 2.20. The zero-order valence-electron chi connectivity index (χ0n) is 9.70. The summed E-state index contributed by atoms with van der Waals surface area (Å²) in [6.07, 6.45) is 9.87. The molecule has 1 aromatic rings. The second-order valence-corrected chi connectivity index (χ2v) is 4.71. The molecule has 0 amide bonds. The van der Waals surface area contributed by atoms with Crippen LogP contribution in [-0.4, -0.2) is 34.9 Å². The first kappa shape index (κ1) is 12.6.